The molecule has 0 aromatic heterocycles. The minimum Gasteiger partial charge on any atom is -0.481 e. The number of rotatable bonds is 6. The average Bonchev–Trinajstić information content (AvgIpc) is 2.93. The van der Waals surface area contributed by atoms with Crippen LogP contribution in [0.4, 0.5) is 0 Å². The van der Waals surface area contributed by atoms with Crippen molar-refractivity contribution >= 4 is 11.9 Å². The Bertz CT molecular complexity index is 321. The lowest BCUT2D eigenvalue weighted by Gasteiger charge is -2.28. The first-order valence-electron chi connectivity index (χ1n) is 6.20. The summed E-state index contributed by atoms with van der Waals surface area (Å²) in [6.07, 6.45) is 2.34. The fraction of sp³-hybridized carbons (Fsp3) is 0.846. The Hall–Kier alpha value is -1.06. The quantitative estimate of drug-likeness (QED) is 0.748. The maximum absolute atomic E-state index is 11.8. The number of aliphatic carboxylic acids is 1. The highest BCUT2D eigenvalue weighted by Crippen LogP contribution is 2.44. The van der Waals surface area contributed by atoms with Crippen molar-refractivity contribution in [3.63, 3.8) is 0 Å². The maximum Gasteiger partial charge on any atom is 0.310 e. The molecule has 0 aliphatic heterocycles. The summed E-state index contributed by atoms with van der Waals surface area (Å²) in [4.78, 5) is 23.0. The molecule has 0 radical (unpaired) electrons. The number of hydrogen-bond donors (Lipinski definition) is 2. The lowest BCUT2D eigenvalue weighted by molar-refractivity contribution is -0.153. The summed E-state index contributed by atoms with van der Waals surface area (Å²) in [5, 5.41) is 12.1. The SMILES string of the molecule is CC(C)C(C)(CC(=O)NCC1(C)CC1)C(=O)O. The topological polar surface area (TPSA) is 66.4 Å². The molecule has 0 heterocycles. The van der Waals surface area contributed by atoms with E-state index in [4.69, 9.17) is 0 Å². The van der Waals surface area contributed by atoms with E-state index in [1.54, 1.807) is 6.92 Å². The average molecular weight is 241 g/mol. The molecular formula is C13H23NO3. The first-order chi connectivity index (χ1) is 7.69. The predicted molar refractivity (Wildman–Crippen MR) is 65.5 cm³/mol. The van der Waals surface area contributed by atoms with Gasteiger partial charge in [-0.15, -0.1) is 0 Å². The molecule has 0 saturated heterocycles. The number of nitrogens with one attached hydrogen (secondary N) is 1. The molecule has 1 saturated carbocycles. The van der Waals surface area contributed by atoms with Gasteiger partial charge in [-0.25, -0.2) is 0 Å². The number of carboxylic acids is 1. The molecule has 4 heteroatoms. The van der Waals surface area contributed by atoms with Crippen LogP contribution in [0.2, 0.25) is 0 Å². The van der Waals surface area contributed by atoms with Gasteiger partial charge in [0, 0.05) is 13.0 Å². The van der Waals surface area contributed by atoms with Crippen molar-refractivity contribution < 1.29 is 14.7 Å². The molecule has 1 atom stereocenters. The van der Waals surface area contributed by atoms with Crippen molar-refractivity contribution in [2.75, 3.05) is 6.54 Å². The molecule has 98 valence electrons. The summed E-state index contributed by atoms with van der Waals surface area (Å²) in [6, 6.07) is 0. The smallest absolute Gasteiger partial charge is 0.310 e. The minimum absolute atomic E-state index is 0.0517. The van der Waals surface area contributed by atoms with E-state index in [9.17, 15) is 14.7 Å². The van der Waals surface area contributed by atoms with E-state index in [-0.39, 0.29) is 23.7 Å². The van der Waals surface area contributed by atoms with E-state index in [0.29, 0.717) is 6.54 Å². The van der Waals surface area contributed by atoms with Gasteiger partial charge in [-0.3, -0.25) is 9.59 Å². The number of amides is 1. The Morgan fingerprint density at radius 1 is 1.41 bits per heavy atom. The van der Waals surface area contributed by atoms with Gasteiger partial charge in [-0.05, 0) is 31.1 Å². The predicted octanol–water partition coefficient (Wildman–Crippen LogP) is 2.04. The van der Waals surface area contributed by atoms with Gasteiger partial charge >= 0.3 is 5.97 Å². The second kappa shape index (κ2) is 4.67. The largest absolute Gasteiger partial charge is 0.481 e. The van der Waals surface area contributed by atoms with Crippen molar-refractivity contribution in [1.82, 2.24) is 5.32 Å². The van der Waals surface area contributed by atoms with Crippen LogP contribution in [-0.2, 0) is 9.59 Å². The van der Waals surface area contributed by atoms with Crippen molar-refractivity contribution in [2.45, 2.75) is 47.0 Å². The molecular weight excluding hydrogens is 218 g/mol. The zero-order chi connectivity index (χ0) is 13.3. The zero-order valence-electron chi connectivity index (χ0n) is 11.2. The fourth-order valence-electron chi connectivity index (χ4n) is 1.62. The molecule has 17 heavy (non-hydrogen) atoms. The van der Waals surface area contributed by atoms with Gasteiger partial charge in [0.1, 0.15) is 0 Å². The van der Waals surface area contributed by atoms with E-state index in [1.807, 2.05) is 13.8 Å². The Balaban J connectivity index is 2.49. The van der Waals surface area contributed by atoms with Crippen molar-refractivity contribution in [3.05, 3.63) is 0 Å². The molecule has 0 aromatic carbocycles. The van der Waals surface area contributed by atoms with Crippen LogP contribution in [0.5, 0.6) is 0 Å². The van der Waals surface area contributed by atoms with Crippen molar-refractivity contribution in [2.24, 2.45) is 16.7 Å². The van der Waals surface area contributed by atoms with E-state index >= 15 is 0 Å². The monoisotopic (exact) mass is 241 g/mol. The van der Waals surface area contributed by atoms with Crippen LogP contribution in [0.25, 0.3) is 0 Å². The Morgan fingerprint density at radius 2 is 1.94 bits per heavy atom. The lowest BCUT2D eigenvalue weighted by Crippen LogP contribution is -2.40. The minimum atomic E-state index is -0.978. The Morgan fingerprint density at radius 3 is 2.29 bits per heavy atom. The molecule has 4 nitrogen and oxygen atoms in total. The fourth-order valence-corrected chi connectivity index (χ4v) is 1.62. The molecule has 1 rings (SSSR count). The van der Waals surface area contributed by atoms with Gasteiger partial charge < -0.3 is 10.4 Å². The summed E-state index contributed by atoms with van der Waals surface area (Å²) >= 11 is 0. The molecule has 1 amide bonds. The van der Waals surface area contributed by atoms with E-state index in [1.165, 1.54) is 0 Å². The number of carbonyl (C=O) groups is 2. The van der Waals surface area contributed by atoms with Crippen LogP contribution in [0.1, 0.15) is 47.0 Å². The normalized spacial score (nSPS) is 20.8. The second-order valence-electron chi connectivity index (χ2n) is 6.14. The van der Waals surface area contributed by atoms with E-state index in [0.717, 1.165) is 12.8 Å². The second-order valence-corrected chi connectivity index (χ2v) is 6.14. The van der Waals surface area contributed by atoms with Crippen LogP contribution >= 0.6 is 0 Å². The molecule has 1 unspecified atom stereocenters. The van der Waals surface area contributed by atoms with Gasteiger partial charge in [-0.2, -0.15) is 0 Å². The van der Waals surface area contributed by atoms with Crippen LogP contribution in [0.3, 0.4) is 0 Å². The van der Waals surface area contributed by atoms with Crippen LogP contribution in [0.15, 0.2) is 0 Å². The third kappa shape index (κ3) is 3.45. The number of hydrogen-bond acceptors (Lipinski definition) is 2. The van der Waals surface area contributed by atoms with Gasteiger partial charge in [0.2, 0.25) is 5.91 Å². The lowest BCUT2D eigenvalue weighted by atomic mass is 9.76. The molecule has 1 fully saturated rings. The number of carboxylic acid groups (broad SMARTS) is 1. The van der Waals surface area contributed by atoms with Gasteiger partial charge in [0.15, 0.2) is 0 Å². The molecule has 1 aliphatic carbocycles. The summed E-state index contributed by atoms with van der Waals surface area (Å²) in [6.45, 7) is 8.11. The molecule has 0 spiro atoms. The van der Waals surface area contributed by atoms with Crippen molar-refractivity contribution in [3.8, 4) is 0 Å². The summed E-state index contributed by atoms with van der Waals surface area (Å²) in [5.74, 6) is -1.13. The van der Waals surface area contributed by atoms with Crippen LogP contribution < -0.4 is 5.32 Å². The van der Waals surface area contributed by atoms with E-state index < -0.39 is 11.4 Å². The first kappa shape index (κ1) is 14.0. The highest BCUT2D eigenvalue weighted by molar-refractivity contribution is 5.84. The highest BCUT2D eigenvalue weighted by Gasteiger charge is 2.40. The third-order valence-corrected chi connectivity index (χ3v) is 4.11. The zero-order valence-corrected chi connectivity index (χ0v) is 11.2. The first-order valence-corrected chi connectivity index (χ1v) is 6.20. The molecule has 0 bridgehead atoms. The third-order valence-electron chi connectivity index (χ3n) is 4.11. The highest BCUT2D eigenvalue weighted by atomic mass is 16.4. The van der Waals surface area contributed by atoms with Gasteiger partial charge in [-0.1, -0.05) is 20.8 Å². The summed E-state index contributed by atoms with van der Waals surface area (Å²) in [5.41, 5.74) is -0.721. The van der Waals surface area contributed by atoms with Gasteiger partial charge in [0.25, 0.3) is 0 Å². The van der Waals surface area contributed by atoms with Crippen molar-refractivity contribution in [1.29, 1.82) is 0 Å². The maximum atomic E-state index is 11.8. The molecule has 0 aromatic rings. The Kier molecular flexibility index (Phi) is 3.84. The number of carbonyl (C=O) groups excluding carboxylic acids is 1. The summed E-state index contributed by atoms with van der Waals surface area (Å²) < 4.78 is 0. The Labute approximate surface area is 103 Å². The van der Waals surface area contributed by atoms with E-state index in [2.05, 4.69) is 12.2 Å². The standard InChI is InChI=1S/C13H23NO3/c1-9(2)13(4,11(16)17)7-10(15)14-8-12(3)5-6-12/h9H,5-8H2,1-4H3,(H,14,15)(H,16,17). The van der Waals surface area contributed by atoms with Crippen LogP contribution in [-0.4, -0.2) is 23.5 Å². The molecule has 2 N–H and O–H groups in total. The molecule has 1 aliphatic rings. The van der Waals surface area contributed by atoms with Crippen LogP contribution in [0, 0.1) is 16.7 Å². The van der Waals surface area contributed by atoms with Gasteiger partial charge in [0.05, 0.1) is 5.41 Å². The summed E-state index contributed by atoms with van der Waals surface area (Å²) in [7, 11) is 0.